The van der Waals surface area contributed by atoms with Crippen LogP contribution >= 0.6 is 0 Å². The first-order valence-corrected chi connectivity index (χ1v) is 8.81. The molecule has 0 radical (unpaired) electrons. The van der Waals surface area contributed by atoms with Gasteiger partial charge in [-0.05, 0) is 18.9 Å². The van der Waals surface area contributed by atoms with Crippen LogP contribution in [0.15, 0.2) is 24.7 Å². The average Bonchev–Trinajstić information content (AvgIpc) is 3.08. The van der Waals surface area contributed by atoms with E-state index >= 15 is 0 Å². The molecular weight excluding hydrogens is 314 g/mol. The van der Waals surface area contributed by atoms with E-state index in [1.807, 2.05) is 25.4 Å². The van der Waals surface area contributed by atoms with Gasteiger partial charge in [-0.3, -0.25) is 0 Å². The maximum atomic E-state index is 4.65. The quantitative estimate of drug-likeness (QED) is 0.865. The van der Waals surface area contributed by atoms with Crippen LogP contribution in [0.1, 0.15) is 39.3 Å². The van der Waals surface area contributed by atoms with Crippen molar-refractivity contribution < 1.29 is 0 Å². The van der Waals surface area contributed by atoms with Crippen LogP contribution in [-0.4, -0.2) is 46.1 Å². The van der Waals surface area contributed by atoms with Gasteiger partial charge in [0.15, 0.2) is 0 Å². The molecule has 1 saturated heterocycles. The van der Waals surface area contributed by atoms with E-state index < -0.39 is 0 Å². The molecular formula is C18H27N7. The fourth-order valence-corrected chi connectivity index (χ4v) is 3.06. The van der Waals surface area contributed by atoms with E-state index in [1.165, 1.54) is 0 Å². The highest BCUT2D eigenvalue weighted by molar-refractivity contribution is 5.50. The molecule has 2 aromatic rings. The molecule has 134 valence electrons. The number of hydrogen-bond acceptors (Lipinski definition) is 7. The van der Waals surface area contributed by atoms with Crippen molar-refractivity contribution in [3.63, 3.8) is 0 Å². The van der Waals surface area contributed by atoms with E-state index in [1.54, 1.807) is 6.33 Å². The van der Waals surface area contributed by atoms with Gasteiger partial charge in [0, 0.05) is 43.9 Å². The van der Waals surface area contributed by atoms with Gasteiger partial charge < -0.3 is 15.5 Å². The Morgan fingerprint density at radius 1 is 1.24 bits per heavy atom. The second-order valence-corrected chi connectivity index (χ2v) is 7.40. The lowest BCUT2D eigenvalue weighted by Crippen LogP contribution is -2.36. The Morgan fingerprint density at radius 3 is 2.84 bits per heavy atom. The van der Waals surface area contributed by atoms with Gasteiger partial charge in [-0.15, -0.1) is 0 Å². The summed E-state index contributed by atoms with van der Waals surface area (Å²) in [6.45, 7) is 8.28. The van der Waals surface area contributed by atoms with Crippen LogP contribution in [0, 0.1) is 0 Å². The molecule has 2 N–H and O–H groups in total. The van der Waals surface area contributed by atoms with Crippen molar-refractivity contribution in [3.8, 4) is 0 Å². The summed E-state index contributed by atoms with van der Waals surface area (Å²) < 4.78 is 0. The first kappa shape index (κ1) is 17.4. The maximum absolute atomic E-state index is 4.65. The third-order valence-electron chi connectivity index (χ3n) is 4.50. The Balaban J connectivity index is 1.68. The molecule has 0 amide bonds. The van der Waals surface area contributed by atoms with Crippen molar-refractivity contribution in [2.45, 2.75) is 45.1 Å². The molecule has 0 bridgehead atoms. The van der Waals surface area contributed by atoms with Gasteiger partial charge in [-0.1, -0.05) is 20.8 Å². The molecule has 7 heteroatoms. The molecule has 1 aliphatic rings. The van der Waals surface area contributed by atoms with E-state index in [4.69, 9.17) is 0 Å². The van der Waals surface area contributed by atoms with Crippen molar-refractivity contribution in [1.29, 1.82) is 0 Å². The van der Waals surface area contributed by atoms with Crippen molar-refractivity contribution in [1.82, 2.24) is 19.9 Å². The first-order chi connectivity index (χ1) is 12.0. The van der Waals surface area contributed by atoms with Crippen LogP contribution in [-0.2, 0) is 5.41 Å². The number of nitrogens with one attached hydrogen (secondary N) is 2. The van der Waals surface area contributed by atoms with E-state index in [0.29, 0.717) is 12.0 Å². The van der Waals surface area contributed by atoms with Gasteiger partial charge in [0.2, 0.25) is 5.95 Å². The molecule has 2 aromatic heterocycles. The molecule has 7 nitrogen and oxygen atoms in total. The third kappa shape index (κ3) is 4.15. The maximum Gasteiger partial charge on any atom is 0.222 e. The summed E-state index contributed by atoms with van der Waals surface area (Å²) >= 11 is 0. The van der Waals surface area contributed by atoms with Crippen LogP contribution in [0.25, 0.3) is 0 Å². The molecule has 0 aliphatic carbocycles. The van der Waals surface area contributed by atoms with E-state index in [0.717, 1.165) is 43.3 Å². The number of nitrogens with zero attached hydrogens (tertiary/aromatic N) is 5. The zero-order valence-corrected chi connectivity index (χ0v) is 15.5. The van der Waals surface area contributed by atoms with Crippen LogP contribution in [0.2, 0.25) is 0 Å². The Morgan fingerprint density at radius 2 is 2.08 bits per heavy atom. The lowest BCUT2D eigenvalue weighted by molar-refractivity contribution is 0.567. The standard InChI is InChI=1S/C18H27N7/c1-18(2,3)14-7-8-20-17(24-14)21-11-13-6-5-9-25(13)16-10-15(19-4)22-12-23-16/h7-8,10,12-13H,5-6,9,11H2,1-4H3,(H,19,22,23)(H,20,21,24). The molecule has 1 fully saturated rings. The van der Waals surface area contributed by atoms with Gasteiger partial charge in [0.1, 0.15) is 18.0 Å². The number of aromatic nitrogens is 4. The zero-order chi connectivity index (χ0) is 17.9. The highest BCUT2D eigenvalue weighted by atomic mass is 15.3. The van der Waals surface area contributed by atoms with Crippen molar-refractivity contribution in [2.75, 3.05) is 35.7 Å². The Bertz CT molecular complexity index is 711. The summed E-state index contributed by atoms with van der Waals surface area (Å²) in [5.41, 5.74) is 1.06. The minimum atomic E-state index is 0.0171. The lowest BCUT2D eigenvalue weighted by atomic mass is 9.92. The van der Waals surface area contributed by atoms with Crippen LogP contribution in [0.4, 0.5) is 17.6 Å². The summed E-state index contributed by atoms with van der Waals surface area (Å²) in [4.78, 5) is 20.0. The van der Waals surface area contributed by atoms with Crippen molar-refractivity contribution >= 4 is 17.6 Å². The van der Waals surface area contributed by atoms with Gasteiger partial charge in [-0.25, -0.2) is 19.9 Å². The van der Waals surface area contributed by atoms with E-state index in [9.17, 15) is 0 Å². The molecule has 1 aliphatic heterocycles. The highest BCUT2D eigenvalue weighted by Gasteiger charge is 2.26. The first-order valence-electron chi connectivity index (χ1n) is 8.81. The molecule has 25 heavy (non-hydrogen) atoms. The topological polar surface area (TPSA) is 78.9 Å². The summed E-state index contributed by atoms with van der Waals surface area (Å²) in [7, 11) is 1.87. The normalized spacial score (nSPS) is 17.6. The molecule has 0 spiro atoms. The third-order valence-corrected chi connectivity index (χ3v) is 4.50. The largest absolute Gasteiger partial charge is 0.373 e. The van der Waals surface area contributed by atoms with Crippen LogP contribution < -0.4 is 15.5 Å². The predicted molar refractivity (Wildman–Crippen MR) is 101 cm³/mol. The zero-order valence-electron chi connectivity index (χ0n) is 15.5. The predicted octanol–water partition coefficient (Wildman–Crippen LogP) is 2.69. The number of rotatable bonds is 5. The monoisotopic (exact) mass is 341 g/mol. The molecule has 3 rings (SSSR count). The van der Waals surface area contributed by atoms with Gasteiger partial charge >= 0.3 is 0 Å². The molecule has 1 unspecified atom stereocenters. The molecule has 0 aromatic carbocycles. The Kier molecular flexibility index (Phi) is 5.01. The van der Waals surface area contributed by atoms with Crippen LogP contribution in [0.3, 0.4) is 0 Å². The van der Waals surface area contributed by atoms with Crippen molar-refractivity contribution in [3.05, 3.63) is 30.4 Å². The average molecular weight is 341 g/mol. The molecule has 1 atom stereocenters. The van der Waals surface area contributed by atoms with Crippen LogP contribution in [0.5, 0.6) is 0 Å². The summed E-state index contributed by atoms with van der Waals surface area (Å²) in [5, 5.41) is 6.47. The second kappa shape index (κ2) is 7.21. The van der Waals surface area contributed by atoms with Gasteiger partial charge in [-0.2, -0.15) is 0 Å². The fourth-order valence-electron chi connectivity index (χ4n) is 3.06. The fraction of sp³-hybridized carbons (Fsp3) is 0.556. The Labute approximate surface area is 149 Å². The summed E-state index contributed by atoms with van der Waals surface area (Å²) in [5.74, 6) is 2.50. The summed E-state index contributed by atoms with van der Waals surface area (Å²) in [6.07, 6.45) is 5.73. The lowest BCUT2D eigenvalue weighted by Gasteiger charge is -2.26. The molecule has 0 saturated carbocycles. The van der Waals surface area contributed by atoms with Gasteiger partial charge in [0.25, 0.3) is 0 Å². The highest BCUT2D eigenvalue weighted by Crippen LogP contribution is 2.25. The molecule has 3 heterocycles. The van der Waals surface area contributed by atoms with E-state index in [2.05, 4.69) is 56.2 Å². The number of anilines is 3. The Hall–Kier alpha value is -2.44. The smallest absolute Gasteiger partial charge is 0.222 e. The van der Waals surface area contributed by atoms with Gasteiger partial charge in [0.05, 0.1) is 5.69 Å². The number of hydrogen-bond donors (Lipinski definition) is 2. The van der Waals surface area contributed by atoms with E-state index in [-0.39, 0.29) is 5.41 Å². The minimum Gasteiger partial charge on any atom is -0.373 e. The minimum absolute atomic E-state index is 0.0171. The SMILES string of the molecule is CNc1cc(N2CCCC2CNc2nccc(C(C)(C)C)n2)ncn1. The second-order valence-electron chi connectivity index (χ2n) is 7.40. The summed E-state index contributed by atoms with van der Waals surface area (Å²) in [6, 6.07) is 4.35. The van der Waals surface area contributed by atoms with Crippen molar-refractivity contribution in [2.24, 2.45) is 0 Å².